The van der Waals surface area contributed by atoms with E-state index in [-0.39, 0.29) is 18.0 Å². The molecule has 0 radical (unpaired) electrons. The zero-order valence-corrected chi connectivity index (χ0v) is 23.4. The van der Waals surface area contributed by atoms with E-state index < -0.39 is 0 Å². The molecule has 0 atom stereocenters. The fourth-order valence-electron chi connectivity index (χ4n) is 3.41. The molecule has 0 unspecified atom stereocenters. The third-order valence-corrected chi connectivity index (χ3v) is 7.85. The zero-order chi connectivity index (χ0) is 25.1. The van der Waals surface area contributed by atoms with Crippen molar-refractivity contribution in [2.24, 2.45) is 5.10 Å². The number of aromatic nitrogens is 2. The molecule has 0 aliphatic carbocycles. The largest absolute Gasteiger partial charge is 0.493 e. The van der Waals surface area contributed by atoms with Gasteiger partial charge in [-0.2, -0.15) is 9.78 Å². The number of halogens is 4. The molecule has 4 aromatic rings. The number of benzene rings is 3. The van der Waals surface area contributed by atoms with Crippen LogP contribution in [-0.2, 0) is 13.0 Å². The first-order valence-corrected chi connectivity index (χ1v) is 12.9. The van der Waals surface area contributed by atoms with Gasteiger partial charge in [-0.15, -0.1) is 0 Å². The maximum Gasteiger partial charge on any atom is 0.282 e. The van der Waals surface area contributed by atoms with Crippen LogP contribution in [-0.4, -0.2) is 23.0 Å². The van der Waals surface area contributed by atoms with E-state index in [4.69, 9.17) is 9.47 Å². The minimum atomic E-state index is -0.349. The van der Waals surface area contributed by atoms with Gasteiger partial charge in [0.15, 0.2) is 11.5 Å². The summed E-state index contributed by atoms with van der Waals surface area (Å²) in [6.45, 7) is 1.94. The van der Waals surface area contributed by atoms with Gasteiger partial charge in [-0.05, 0) is 62.2 Å². The van der Waals surface area contributed by atoms with Gasteiger partial charge in [0.25, 0.3) is 5.56 Å². The van der Waals surface area contributed by atoms with Crippen LogP contribution in [0.3, 0.4) is 0 Å². The fourth-order valence-corrected chi connectivity index (χ4v) is 4.71. The van der Waals surface area contributed by atoms with Crippen LogP contribution < -0.4 is 15.0 Å². The summed E-state index contributed by atoms with van der Waals surface area (Å²) in [5.41, 5.74) is 1.40. The molecule has 0 saturated heterocycles. The third kappa shape index (κ3) is 5.34. The predicted molar refractivity (Wildman–Crippen MR) is 145 cm³/mol. The summed E-state index contributed by atoms with van der Waals surface area (Å²) in [4.78, 5) is 17.7. The van der Waals surface area contributed by atoms with Crippen molar-refractivity contribution in [3.8, 4) is 11.5 Å². The summed E-state index contributed by atoms with van der Waals surface area (Å²) >= 11 is 10.5. The predicted octanol–water partition coefficient (Wildman–Crippen LogP) is 6.86. The van der Waals surface area contributed by atoms with Gasteiger partial charge in [0, 0.05) is 26.5 Å². The van der Waals surface area contributed by atoms with Crippen molar-refractivity contribution in [2.45, 2.75) is 20.0 Å². The Labute approximate surface area is 226 Å². The average molecular weight is 668 g/mol. The van der Waals surface area contributed by atoms with E-state index >= 15 is 0 Å². The van der Waals surface area contributed by atoms with Gasteiger partial charge < -0.3 is 9.47 Å². The summed E-state index contributed by atoms with van der Waals surface area (Å²) in [5, 5.41) is 4.90. The van der Waals surface area contributed by atoms with Gasteiger partial charge in [0.2, 0.25) is 0 Å². The summed E-state index contributed by atoms with van der Waals surface area (Å²) in [6.07, 6.45) is 2.07. The molecule has 0 aliphatic heterocycles. The standard InChI is InChI=1S/C25H19Br3FN3O3/c1-3-21-31-19-9-8-16(26)11-17(19)25(33)32(21)30-12-15-10-20(34-2)24(23(28)22(15)27)35-13-14-6-4-5-7-18(14)29/h4-12H,3,13H2,1-2H3. The van der Waals surface area contributed by atoms with Crippen LogP contribution in [0.5, 0.6) is 11.5 Å². The van der Waals surface area contributed by atoms with E-state index in [1.165, 1.54) is 17.9 Å². The van der Waals surface area contributed by atoms with Crippen LogP contribution in [0.25, 0.3) is 10.9 Å². The molecule has 4 rings (SSSR count). The number of aryl methyl sites for hydroxylation is 1. The molecule has 0 aliphatic rings. The molecule has 0 spiro atoms. The topological polar surface area (TPSA) is 65.7 Å². The van der Waals surface area contributed by atoms with Crippen molar-refractivity contribution < 1.29 is 13.9 Å². The van der Waals surface area contributed by atoms with Crippen molar-refractivity contribution in [1.29, 1.82) is 0 Å². The van der Waals surface area contributed by atoms with Crippen molar-refractivity contribution in [3.63, 3.8) is 0 Å². The number of fused-ring (bicyclic) bond motifs is 1. The lowest BCUT2D eigenvalue weighted by molar-refractivity contribution is 0.277. The van der Waals surface area contributed by atoms with E-state index in [1.807, 2.05) is 13.0 Å². The van der Waals surface area contributed by atoms with Gasteiger partial charge in [0.05, 0.1) is 28.7 Å². The first-order chi connectivity index (χ1) is 16.8. The quantitative estimate of drug-likeness (QED) is 0.202. The molecule has 0 bridgehead atoms. The number of nitrogens with zero attached hydrogens (tertiary/aromatic N) is 3. The lowest BCUT2D eigenvalue weighted by Crippen LogP contribution is -2.22. The molecule has 0 N–H and O–H groups in total. The van der Waals surface area contributed by atoms with Crippen molar-refractivity contribution in [1.82, 2.24) is 9.66 Å². The summed E-state index contributed by atoms with van der Waals surface area (Å²) in [5.74, 6) is 1.01. The monoisotopic (exact) mass is 665 g/mol. The van der Waals surface area contributed by atoms with Crippen LogP contribution in [0.2, 0.25) is 0 Å². The second-order valence-electron chi connectivity index (χ2n) is 7.41. The minimum absolute atomic E-state index is 0.0229. The molecule has 0 amide bonds. The molecule has 0 saturated carbocycles. The van der Waals surface area contributed by atoms with Crippen LogP contribution in [0.1, 0.15) is 23.9 Å². The van der Waals surface area contributed by atoms with Crippen LogP contribution in [0.15, 0.2) is 71.8 Å². The molecular weight excluding hydrogens is 649 g/mol. The Kier molecular flexibility index (Phi) is 8.03. The highest BCUT2D eigenvalue weighted by molar-refractivity contribution is 9.13. The molecule has 10 heteroatoms. The highest BCUT2D eigenvalue weighted by atomic mass is 79.9. The average Bonchev–Trinajstić information content (AvgIpc) is 2.86. The smallest absolute Gasteiger partial charge is 0.282 e. The SMILES string of the molecule is CCc1nc2ccc(Br)cc2c(=O)n1N=Cc1cc(OC)c(OCc2ccccc2F)c(Br)c1Br. The molecule has 1 heterocycles. The van der Waals surface area contributed by atoms with Gasteiger partial charge in [0.1, 0.15) is 18.2 Å². The second-order valence-corrected chi connectivity index (χ2v) is 9.91. The van der Waals surface area contributed by atoms with E-state index in [0.717, 1.165) is 4.47 Å². The maximum atomic E-state index is 14.0. The summed E-state index contributed by atoms with van der Waals surface area (Å²) < 4.78 is 28.7. The molecule has 35 heavy (non-hydrogen) atoms. The maximum absolute atomic E-state index is 14.0. The fraction of sp³-hybridized carbons (Fsp3) is 0.160. The van der Waals surface area contributed by atoms with Crippen molar-refractivity contribution in [3.05, 3.63) is 95.1 Å². The van der Waals surface area contributed by atoms with Gasteiger partial charge in [-0.3, -0.25) is 4.79 Å². The van der Waals surface area contributed by atoms with Crippen molar-refractivity contribution >= 4 is 64.9 Å². The molecular formula is C25H19Br3FN3O3. The molecule has 3 aromatic carbocycles. The van der Waals surface area contributed by atoms with E-state index in [2.05, 4.69) is 57.9 Å². The first kappa shape index (κ1) is 25.5. The summed E-state index contributed by atoms with van der Waals surface area (Å²) in [6, 6.07) is 13.5. The normalized spacial score (nSPS) is 11.4. The molecule has 6 nitrogen and oxygen atoms in total. The highest BCUT2D eigenvalue weighted by Gasteiger charge is 2.18. The highest BCUT2D eigenvalue weighted by Crippen LogP contribution is 2.42. The van der Waals surface area contributed by atoms with Crippen molar-refractivity contribution in [2.75, 3.05) is 7.11 Å². The number of rotatable bonds is 7. The number of methoxy groups -OCH3 is 1. The minimum Gasteiger partial charge on any atom is -0.493 e. The second kappa shape index (κ2) is 11.0. The Balaban J connectivity index is 1.72. The van der Waals surface area contributed by atoms with Crippen LogP contribution >= 0.6 is 47.8 Å². The molecule has 0 fully saturated rings. The van der Waals surface area contributed by atoms with E-state index in [9.17, 15) is 9.18 Å². The number of hydrogen-bond acceptors (Lipinski definition) is 5. The first-order valence-electron chi connectivity index (χ1n) is 10.5. The number of hydrogen-bond donors (Lipinski definition) is 0. The Morgan fingerprint density at radius 1 is 1.11 bits per heavy atom. The molecule has 1 aromatic heterocycles. The zero-order valence-electron chi connectivity index (χ0n) is 18.7. The van der Waals surface area contributed by atoms with Crippen LogP contribution in [0.4, 0.5) is 4.39 Å². The Morgan fingerprint density at radius 3 is 2.60 bits per heavy atom. The Bertz CT molecular complexity index is 1510. The van der Waals surface area contributed by atoms with E-state index in [0.29, 0.717) is 54.7 Å². The third-order valence-electron chi connectivity index (χ3n) is 5.21. The van der Waals surface area contributed by atoms with Gasteiger partial charge >= 0.3 is 0 Å². The summed E-state index contributed by atoms with van der Waals surface area (Å²) in [7, 11) is 1.51. The van der Waals surface area contributed by atoms with E-state index in [1.54, 1.807) is 42.6 Å². The lowest BCUT2D eigenvalue weighted by Gasteiger charge is -2.15. The number of ether oxygens (including phenoxy) is 2. The lowest BCUT2D eigenvalue weighted by atomic mass is 10.2. The molecule has 180 valence electrons. The van der Waals surface area contributed by atoms with Gasteiger partial charge in [-0.1, -0.05) is 41.1 Å². The Hall–Kier alpha value is -2.56. The Morgan fingerprint density at radius 2 is 1.89 bits per heavy atom. The van der Waals surface area contributed by atoms with Crippen LogP contribution in [0, 0.1) is 5.82 Å². The van der Waals surface area contributed by atoms with Gasteiger partial charge in [-0.25, -0.2) is 9.37 Å².